The van der Waals surface area contributed by atoms with Crippen LogP contribution in [0.1, 0.15) is 50.9 Å². The number of nitrogens with zero attached hydrogens (tertiary/aromatic N) is 2. The highest BCUT2D eigenvalue weighted by Gasteiger charge is 2.35. The largest absolute Gasteiger partial charge is 0.291 e. The summed E-state index contributed by atoms with van der Waals surface area (Å²) in [5, 5.41) is -1.26. The average Bonchev–Trinajstić information content (AvgIpc) is 3.77. The van der Waals surface area contributed by atoms with E-state index < -0.39 is 103 Å². The molecule has 208 valence electrons. The second-order valence-corrected chi connectivity index (χ2v) is 10.5. The molecule has 0 radical (unpaired) electrons. The van der Waals surface area contributed by atoms with Crippen molar-refractivity contribution in [1.29, 1.82) is 0 Å². The summed E-state index contributed by atoms with van der Waals surface area (Å²) in [5.74, 6) is -0.307. The molecule has 0 aliphatic heterocycles. The summed E-state index contributed by atoms with van der Waals surface area (Å²) >= 11 is 0. The van der Waals surface area contributed by atoms with E-state index in [0.717, 1.165) is 0 Å². The summed E-state index contributed by atoms with van der Waals surface area (Å²) in [7, 11) is 0. The van der Waals surface area contributed by atoms with Crippen molar-refractivity contribution in [2.45, 2.75) is 19.1 Å². The van der Waals surface area contributed by atoms with Crippen LogP contribution < -0.4 is 0 Å². The molecular formula is C42H30N2. The van der Waals surface area contributed by atoms with Gasteiger partial charge in [-0.25, -0.2) is 4.98 Å². The van der Waals surface area contributed by atoms with Gasteiger partial charge < -0.3 is 0 Å². The van der Waals surface area contributed by atoms with E-state index in [0.29, 0.717) is 5.56 Å². The van der Waals surface area contributed by atoms with Crippen LogP contribution in [-0.2, 0) is 5.41 Å². The lowest BCUT2D eigenvalue weighted by Crippen LogP contribution is -2.14. The zero-order valence-corrected chi connectivity index (χ0v) is 22.7. The van der Waals surface area contributed by atoms with E-state index in [1.54, 1.807) is 36.4 Å². The van der Waals surface area contributed by atoms with Gasteiger partial charge >= 0.3 is 0 Å². The fourth-order valence-electron chi connectivity index (χ4n) is 6.33. The minimum absolute atomic E-state index is 0.0122. The molecule has 0 saturated heterocycles. The van der Waals surface area contributed by atoms with Gasteiger partial charge in [0.2, 0.25) is 0 Å². The number of fused-ring (bicyclic) bond motifs is 6. The van der Waals surface area contributed by atoms with Crippen molar-refractivity contribution in [3.8, 4) is 39.3 Å². The number of benzene rings is 7. The molecule has 0 amide bonds. The van der Waals surface area contributed by atoms with Crippen LogP contribution >= 0.6 is 0 Å². The zero-order chi connectivity index (χ0) is 45.7. The number of imidazole rings is 1. The number of hydrogen-bond acceptors (Lipinski definition) is 1. The van der Waals surface area contributed by atoms with E-state index in [-0.39, 0.29) is 71.9 Å². The van der Waals surface area contributed by atoms with Gasteiger partial charge in [0.05, 0.1) is 34.5 Å². The Morgan fingerprint density at radius 1 is 0.614 bits per heavy atom. The van der Waals surface area contributed by atoms with Crippen LogP contribution in [0.2, 0.25) is 0 Å². The van der Waals surface area contributed by atoms with E-state index in [9.17, 15) is 5.48 Å². The molecule has 0 spiro atoms. The minimum Gasteiger partial charge on any atom is -0.291 e. The number of para-hydroxylation sites is 2. The summed E-state index contributed by atoms with van der Waals surface area (Å²) < 4.78 is 171. The maximum atomic E-state index is 9.50. The predicted molar refractivity (Wildman–Crippen MR) is 185 cm³/mol. The average molecular weight is 582 g/mol. The Bertz CT molecular complexity index is 3240. The summed E-state index contributed by atoms with van der Waals surface area (Å²) in [5.41, 5.74) is -2.70. The first kappa shape index (κ1) is 12.6. The molecule has 0 atom stereocenters. The standard InChI is InChI=1S/C42H30N2/c1-42(2)35-21-11-10-16-29(35)30-25-24-28(26-36(30)42)39-31-17-6-8-19-33(31)40(34-20-9-7-18-32(34)39)44-38-23-13-12-22-37(38)43-41(44)27-14-4-3-5-15-27/h3-26H,1-2H3/i1D3,2D3,3D,4D,5D,6D,7D,8D,9D,14D,15D,17D,18D,19D,20D. The summed E-state index contributed by atoms with van der Waals surface area (Å²) in [6, 6.07) is 7.64. The van der Waals surface area contributed by atoms with Crippen LogP contribution in [0.3, 0.4) is 0 Å². The lowest BCUT2D eigenvalue weighted by atomic mass is 9.81. The zero-order valence-electron chi connectivity index (χ0n) is 41.7. The Morgan fingerprint density at radius 3 is 2.00 bits per heavy atom. The second-order valence-electron chi connectivity index (χ2n) is 10.5. The van der Waals surface area contributed by atoms with Crippen molar-refractivity contribution < 1.29 is 26.0 Å². The third-order valence-electron chi connectivity index (χ3n) is 8.19. The van der Waals surface area contributed by atoms with Crippen molar-refractivity contribution >= 4 is 32.6 Å². The smallest absolute Gasteiger partial charge is 0.145 e. The monoisotopic (exact) mass is 581 g/mol. The van der Waals surface area contributed by atoms with Gasteiger partial charge in [0.25, 0.3) is 0 Å². The minimum atomic E-state index is -3.19. The van der Waals surface area contributed by atoms with Gasteiger partial charge in [-0.3, -0.25) is 4.57 Å². The van der Waals surface area contributed by atoms with Gasteiger partial charge in [-0.15, -0.1) is 0 Å². The Labute approximate surface area is 283 Å². The van der Waals surface area contributed by atoms with Crippen molar-refractivity contribution in [2.24, 2.45) is 0 Å². The SMILES string of the molecule is [2H]c1c([2H])c([2H])c(-c2nc3ccccc3n2-c2c3c([2H])c([2H])c([2H])c([2H])c3c(-c3ccc4c(c3)C(C([2H])([2H])[2H])(C([2H])([2H])[2H])c3ccccc3-4)c3c([2H])c([2H])c([2H])c([2H])c23)c([2H])c1[2H]. The fraction of sp³-hybridized carbons (Fsp3) is 0.0714. The molecule has 44 heavy (non-hydrogen) atoms. The van der Waals surface area contributed by atoms with E-state index in [1.807, 2.05) is 0 Å². The topological polar surface area (TPSA) is 17.8 Å². The molecule has 8 aromatic rings. The van der Waals surface area contributed by atoms with Crippen LogP contribution in [0, 0.1) is 0 Å². The third-order valence-corrected chi connectivity index (χ3v) is 8.19. The van der Waals surface area contributed by atoms with Crippen LogP contribution in [0.4, 0.5) is 0 Å². The van der Waals surface area contributed by atoms with Gasteiger partial charge in [-0.05, 0) is 62.4 Å². The van der Waals surface area contributed by atoms with Gasteiger partial charge in [0.1, 0.15) is 5.82 Å². The number of aromatic nitrogens is 2. The molecule has 9 rings (SSSR count). The van der Waals surface area contributed by atoms with Gasteiger partial charge in [0, 0.05) is 30.0 Å². The van der Waals surface area contributed by atoms with E-state index in [1.165, 1.54) is 34.9 Å². The first-order valence-electron chi connectivity index (χ1n) is 23.3. The van der Waals surface area contributed by atoms with Crippen LogP contribution in [-0.4, -0.2) is 9.55 Å². The quantitative estimate of drug-likeness (QED) is 0.190. The van der Waals surface area contributed by atoms with E-state index in [4.69, 9.17) is 25.5 Å². The molecule has 1 aliphatic rings. The Morgan fingerprint density at radius 2 is 1.25 bits per heavy atom. The lowest BCUT2D eigenvalue weighted by molar-refractivity contribution is 0.660. The molecule has 1 aliphatic carbocycles. The highest BCUT2D eigenvalue weighted by molar-refractivity contribution is 6.19. The molecular weight excluding hydrogens is 532 g/mol. The van der Waals surface area contributed by atoms with Crippen molar-refractivity contribution in [1.82, 2.24) is 9.55 Å². The maximum absolute atomic E-state index is 9.50. The summed E-state index contributed by atoms with van der Waals surface area (Å²) in [6.45, 7) is -6.39. The Hall–Kier alpha value is -5.47. The van der Waals surface area contributed by atoms with E-state index >= 15 is 0 Å². The third kappa shape index (κ3) is 3.46. The second kappa shape index (κ2) is 9.26. The van der Waals surface area contributed by atoms with Gasteiger partial charge in [-0.1, -0.05) is 141 Å². The van der Waals surface area contributed by atoms with Crippen LogP contribution in [0.15, 0.2) is 145 Å². The molecule has 1 heterocycles. The van der Waals surface area contributed by atoms with Crippen molar-refractivity contribution in [3.05, 3.63) is 156 Å². The highest BCUT2D eigenvalue weighted by atomic mass is 15.1. The molecule has 0 bridgehead atoms. The predicted octanol–water partition coefficient (Wildman–Crippen LogP) is 11.0. The van der Waals surface area contributed by atoms with Crippen LogP contribution in [0.25, 0.3) is 71.9 Å². The molecule has 2 heteroatoms. The fourth-order valence-corrected chi connectivity index (χ4v) is 6.33. The van der Waals surface area contributed by atoms with Crippen LogP contribution in [0.5, 0.6) is 0 Å². The Kier molecular flexibility index (Phi) is 2.66. The van der Waals surface area contributed by atoms with Gasteiger partial charge in [-0.2, -0.15) is 0 Å². The normalized spacial score (nSPS) is 20.1. The Balaban J connectivity index is 1.57. The lowest BCUT2D eigenvalue weighted by Gasteiger charge is -2.23. The van der Waals surface area contributed by atoms with E-state index in [2.05, 4.69) is 0 Å². The molecule has 0 unspecified atom stereocenters. The molecule has 0 N–H and O–H groups in total. The molecule has 0 saturated carbocycles. The maximum Gasteiger partial charge on any atom is 0.145 e. The molecule has 7 aromatic carbocycles. The number of hydrogen-bond donors (Lipinski definition) is 0. The summed E-state index contributed by atoms with van der Waals surface area (Å²) in [6.07, 6.45) is 0. The van der Waals surface area contributed by atoms with Gasteiger partial charge in [0.15, 0.2) is 0 Å². The number of rotatable bonds is 3. The molecule has 2 nitrogen and oxygen atoms in total. The first-order valence-corrected chi connectivity index (χ1v) is 13.8. The van der Waals surface area contributed by atoms with Crippen molar-refractivity contribution in [2.75, 3.05) is 0 Å². The highest BCUT2D eigenvalue weighted by Crippen LogP contribution is 2.51. The van der Waals surface area contributed by atoms with Crippen molar-refractivity contribution in [3.63, 3.8) is 0 Å². The molecule has 1 aromatic heterocycles. The summed E-state index contributed by atoms with van der Waals surface area (Å²) in [4.78, 5) is 4.70. The molecule has 0 fully saturated rings. The first-order chi connectivity index (χ1) is 29.5.